The number of hydrogen-bond acceptors (Lipinski definition) is 3. The van der Waals surface area contributed by atoms with E-state index in [1.807, 2.05) is 0 Å². The highest BCUT2D eigenvalue weighted by Gasteiger charge is 2.37. The van der Waals surface area contributed by atoms with E-state index in [0.717, 1.165) is 0 Å². The van der Waals surface area contributed by atoms with Crippen LogP contribution in [0.15, 0.2) is 18.2 Å². The lowest BCUT2D eigenvalue weighted by molar-refractivity contribution is 0.0942. The number of benzene rings is 1. The Kier molecular flexibility index (Phi) is 3.45. The van der Waals surface area contributed by atoms with Crippen LogP contribution >= 0.6 is 0 Å². The first-order valence-electron chi connectivity index (χ1n) is 6.08. The van der Waals surface area contributed by atoms with E-state index in [0.29, 0.717) is 29.0 Å². The molecule has 0 atom stereocenters. The molecule has 0 radical (unpaired) electrons. The van der Waals surface area contributed by atoms with Crippen molar-refractivity contribution >= 4 is 5.91 Å². The maximum Gasteiger partial charge on any atom is 0.255 e. The molecule has 18 heavy (non-hydrogen) atoms. The Hall–Kier alpha value is -1.71. The molecule has 0 unspecified atom stereocenters. The molecule has 1 aromatic rings. The molecule has 0 saturated heterocycles. The zero-order valence-corrected chi connectivity index (χ0v) is 11.1. The van der Waals surface area contributed by atoms with Gasteiger partial charge in [-0.15, -0.1) is 0 Å². The predicted octanol–water partition coefficient (Wildman–Crippen LogP) is 2.23. The van der Waals surface area contributed by atoms with Gasteiger partial charge in [-0.2, -0.15) is 0 Å². The summed E-state index contributed by atoms with van der Waals surface area (Å²) in [4.78, 5) is 12.1. The van der Waals surface area contributed by atoms with Crippen LogP contribution < -0.4 is 14.8 Å². The Labute approximate surface area is 107 Å². The second-order valence-corrected chi connectivity index (χ2v) is 5.06. The summed E-state index contributed by atoms with van der Waals surface area (Å²) in [5.74, 6) is 1.10. The number of ether oxygens (including phenoxy) is 2. The van der Waals surface area contributed by atoms with Crippen LogP contribution in [0.4, 0.5) is 0 Å². The smallest absolute Gasteiger partial charge is 0.255 e. The molecule has 1 aliphatic carbocycles. The van der Waals surface area contributed by atoms with Crippen LogP contribution in [0.25, 0.3) is 0 Å². The molecule has 1 aliphatic rings. The molecule has 0 heterocycles. The van der Waals surface area contributed by atoms with E-state index in [2.05, 4.69) is 12.2 Å². The number of carbonyl (C=O) groups excluding carboxylic acids is 1. The first-order valence-corrected chi connectivity index (χ1v) is 6.08. The lowest BCUT2D eigenvalue weighted by Gasteiger charge is -2.13. The van der Waals surface area contributed by atoms with E-state index < -0.39 is 0 Å². The molecule has 1 amide bonds. The normalized spacial score (nSPS) is 15.9. The average Bonchev–Trinajstić information content (AvgIpc) is 3.13. The third-order valence-electron chi connectivity index (χ3n) is 3.43. The molecule has 2 rings (SSSR count). The fourth-order valence-electron chi connectivity index (χ4n) is 1.77. The Morgan fingerprint density at radius 2 is 2.06 bits per heavy atom. The van der Waals surface area contributed by atoms with Crippen LogP contribution in [-0.4, -0.2) is 26.7 Å². The molecule has 0 aliphatic heterocycles. The van der Waals surface area contributed by atoms with Crippen molar-refractivity contribution in [1.29, 1.82) is 0 Å². The van der Waals surface area contributed by atoms with Gasteiger partial charge >= 0.3 is 0 Å². The fraction of sp³-hybridized carbons (Fsp3) is 0.500. The minimum atomic E-state index is -0.112. The first kappa shape index (κ1) is 12.7. The van der Waals surface area contributed by atoms with Gasteiger partial charge in [0, 0.05) is 6.54 Å². The Balaban J connectivity index is 2.11. The van der Waals surface area contributed by atoms with Gasteiger partial charge in [0.2, 0.25) is 0 Å². The van der Waals surface area contributed by atoms with Gasteiger partial charge in [0.1, 0.15) is 11.5 Å². The van der Waals surface area contributed by atoms with E-state index in [9.17, 15) is 4.79 Å². The molecule has 1 aromatic carbocycles. The molecule has 1 saturated carbocycles. The van der Waals surface area contributed by atoms with Crippen molar-refractivity contribution in [3.05, 3.63) is 23.8 Å². The zero-order chi connectivity index (χ0) is 13.2. The topological polar surface area (TPSA) is 47.6 Å². The van der Waals surface area contributed by atoms with Gasteiger partial charge in [-0.3, -0.25) is 4.79 Å². The third-order valence-corrected chi connectivity index (χ3v) is 3.43. The fourth-order valence-corrected chi connectivity index (χ4v) is 1.77. The van der Waals surface area contributed by atoms with E-state index in [1.54, 1.807) is 32.4 Å². The largest absolute Gasteiger partial charge is 0.497 e. The summed E-state index contributed by atoms with van der Waals surface area (Å²) in [6.07, 6.45) is 2.37. The van der Waals surface area contributed by atoms with Crippen LogP contribution in [0, 0.1) is 5.41 Å². The quantitative estimate of drug-likeness (QED) is 0.870. The van der Waals surface area contributed by atoms with Crippen LogP contribution in [0.1, 0.15) is 30.1 Å². The number of carbonyl (C=O) groups is 1. The summed E-state index contributed by atoms with van der Waals surface area (Å²) in [5, 5.41) is 2.95. The highest BCUT2D eigenvalue weighted by molar-refractivity contribution is 5.97. The molecule has 1 N–H and O–H groups in total. The van der Waals surface area contributed by atoms with Crippen molar-refractivity contribution < 1.29 is 14.3 Å². The summed E-state index contributed by atoms with van der Waals surface area (Å²) >= 11 is 0. The monoisotopic (exact) mass is 249 g/mol. The molecule has 0 aromatic heterocycles. The average molecular weight is 249 g/mol. The maximum absolute atomic E-state index is 12.1. The van der Waals surface area contributed by atoms with Gasteiger partial charge in [-0.25, -0.2) is 0 Å². The van der Waals surface area contributed by atoms with Gasteiger partial charge < -0.3 is 14.8 Å². The van der Waals surface area contributed by atoms with Crippen molar-refractivity contribution in [1.82, 2.24) is 5.32 Å². The molecule has 4 heteroatoms. The standard InChI is InChI=1S/C14H19NO3/c1-14(6-7-14)9-15-13(16)11-8-10(17-2)4-5-12(11)18-3/h4-5,8H,6-7,9H2,1-3H3,(H,15,16). The van der Waals surface area contributed by atoms with Gasteiger partial charge in [0.25, 0.3) is 5.91 Å². The van der Waals surface area contributed by atoms with Crippen LogP contribution in [0.3, 0.4) is 0 Å². The van der Waals surface area contributed by atoms with Crippen molar-refractivity contribution in [2.45, 2.75) is 19.8 Å². The Morgan fingerprint density at radius 3 is 2.61 bits per heavy atom. The summed E-state index contributed by atoms with van der Waals surface area (Å²) in [6.45, 7) is 2.89. The number of amides is 1. The molecular weight excluding hydrogens is 230 g/mol. The minimum absolute atomic E-state index is 0.112. The highest BCUT2D eigenvalue weighted by atomic mass is 16.5. The van der Waals surface area contributed by atoms with E-state index in [-0.39, 0.29) is 5.91 Å². The van der Waals surface area contributed by atoms with Crippen molar-refractivity contribution in [3.63, 3.8) is 0 Å². The third kappa shape index (κ3) is 2.75. The van der Waals surface area contributed by atoms with Gasteiger partial charge in [0.15, 0.2) is 0 Å². The summed E-state index contributed by atoms with van der Waals surface area (Å²) in [7, 11) is 3.13. The predicted molar refractivity (Wildman–Crippen MR) is 69.2 cm³/mol. The molecule has 0 spiro atoms. The van der Waals surface area contributed by atoms with E-state index >= 15 is 0 Å². The second-order valence-electron chi connectivity index (χ2n) is 5.06. The van der Waals surface area contributed by atoms with Crippen molar-refractivity contribution in [3.8, 4) is 11.5 Å². The lowest BCUT2D eigenvalue weighted by Crippen LogP contribution is -2.29. The number of nitrogens with one attached hydrogen (secondary N) is 1. The Morgan fingerprint density at radius 1 is 1.33 bits per heavy atom. The number of hydrogen-bond donors (Lipinski definition) is 1. The summed E-state index contributed by atoms with van der Waals surface area (Å²) in [5.41, 5.74) is 0.808. The van der Waals surface area contributed by atoms with Crippen LogP contribution in [0.5, 0.6) is 11.5 Å². The zero-order valence-electron chi connectivity index (χ0n) is 11.1. The molecule has 4 nitrogen and oxygen atoms in total. The van der Waals surface area contributed by atoms with E-state index in [4.69, 9.17) is 9.47 Å². The lowest BCUT2D eigenvalue weighted by atomic mass is 10.1. The van der Waals surface area contributed by atoms with Crippen molar-refractivity contribution in [2.24, 2.45) is 5.41 Å². The SMILES string of the molecule is COc1ccc(OC)c(C(=O)NCC2(C)CC2)c1. The second kappa shape index (κ2) is 4.88. The molecule has 1 fully saturated rings. The molecular formula is C14H19NO3. The minimum Gasteiger partial charge on any atom is -0.497 e. The van der Waals surface area contributed by atoms with Gasteiger partial charge in [-0.05, 0) is 36.5 Å². The van der Waals surface area contributed by atoms with Crippen molar-refractivity contribution in [2.75, 3.05) is 20.8 Å². The maximum atomic E-state index is 12.1. The van der Waals surface area contributed by atoms with Gasteiger partial charge in [0.05, 0.1) is 19.8 Å². The molecule has 98 valence electrons. The molecule has 0 bridgehead atoms. The number of rotatable bonds is 5. The van der Waals surface area contributed by atoms with Gasteiger partial charge in [-0.1, -0.05) is 6.92 Å². The van der Waals surface area contributed by atoms with Crippen LogP contribution in [0.2, 0.25) is 0 Å². The van der Waals surface area contributed by atoms with E-state index in [1.165, 1.54) is 12.8 Å². The summed E-state index contributed by atoms with van der Waals surface area (Å²) in [6, 6.07) is 5.22. The first-order chi connectivity index (χ1) is 8.58. The number of methoxy groups -OCH3 is 2. The highest BCUT2D eigenvalue weighted by Crippen LogP contribution is 2.44. The Bertz CT molecular complexity index is 452. The van der Waals surface area contributed by atoms with Crippen LogP contribution in [-0.2, 0) is 0 Å². The summed E-state index contributed by atoms with van der Waals surface area (Å²) < 4.78 is 10.3.